The van der Waals surface area contributed by atoms with Gasteiger partial charge in [0.2, 0.25) is 0 Å². The molecule has 1 N–H and O–H groups in total. The van der Waals surface area contributed by atoms with Crippen molar-refractivity contribution in [3.05, 3.63) is 64.7 Å². The zero-order chi connectivity index (χ0) is 19.3. The van der Waals surface area contributed by atoms with Gasteiger partial charge in [-0.05, 0) is 55.2 Å². The van der Waals surface area contributed by atoms with Gasteiger partial charge in [-0.15, -0.1) is 0 Å². The molecule has 1 unspecified atom stereocenters. The summed E-state index contributed by atoms with van der Waals surface area (Å²) in [5.74, 6) is 0.275. The maximum absolute atomic E-state index is 12.8. The van der Waals surface area contributed by atoms with Crippen LogP contribution in [0.3, 0.4) is 0 Å². The van der Waals surface area contributed by atoms with Crippen LogP contribution in [0.5, 0.6) is 5.75 Å². The Kier molecular flexibility index (Phi) is 6.29. The predicted molar refractivity (Wildman–Crippen MR) is 93.9 cm³/mol. The Labute approximate surface area is 151 Å². The molecule has 26 heavy (non-hydrogen) atoms. The Hall–Kier alpha value is -2.50. The number of rotatable bonds is 6. The molecule has 0 bridgehead atoms. The van der Waals surface area contributed by atoms with Crippen molar-refractivity contribution in [3.8, 4) is 5.75 Å². The average Bonchev–Trinajstić information content (AvgIpc) is 2.60. The Morgan fingerprint density at radius 3 is 2.54 bits per heavy atom. The summed E-state index contributed by atoms with van der Waals surface area (Å²) in [6.07, 6.45) is -4.67. The Morgan fingerprint density at radius 2 is 1.88 bits per heavy atom. The van der Waals surface area contributed by atoms with E-state index in [1.165, 1.54) is 6.07 Å². The van der Waals surface area contributed by atoms with E-state index in [0.717, 1.165) is 23.3 Å². The first-order chi connectivity index (χ1) is 12.2. The van der Waals surface area contributed by atoms with E-state index in [-0.39, 0.29) is 12.5 Å². The predicted octanol–water partition coefficient (Wildman–Crippen LogP) is 4.80. The summed E-state index contributed by atoms with van der Waals surface area (Å²) < 4.78 is 44.1. The van der Waals surface area contributed by atoms with Gasteiger partial charge in [0.25, 0.3) is 5.91 Å². The van der Waals surface area contributed by atoms with Crippen molar-refractivity contribution in [1.29, 1.82) is 0 Å². The number of carbonyl (C=O) groups is 1. The lowest BCUT2D eigenvalue weighted by molar-refractivity contribution is -0.137. The highest BCUT2D eigenvalue weighted by molar-refractivity contribution is 5.81. The van der Waals surface area contributed by atoms with Gasteiger partial charge in [0.05, 0.1) is 5.56 Å². The second-order valence-corrected chi connectivity index (χ2v) is 6.20. The standard InChI is InChI=1S/C20H22F3NO2/c1-4-17(26-18-10-13(2)8-9-14(18)3)19(25)24-12-15-6-5-7-16(11-15)20(21,22)23/h5-11,17H,4,12H2,1-3H3,(H,24,25). The van der Waals surface area contributed by atoms with Crippen molar-refractivity contribution in [2.24, 2.45) is 0 Å². The molecule has 0 aromatic heterocycles. The molecule has 0 fully saturated rings. The average molecular weight is 365 g/mol. The lowest BCUT2D eigenvalue weighted by atomic mass is 10.1. The maximum Gasteiger partial charge on any atom is 0.416 e. The SMILES string of the molecule is CCC(Oc1cc(C)ccc1C)C(=O)NCc1cccc(C(F)(F)F)c1. The van der Waals surface area contributed by atoms with Crippen molar-refractivity contribution < 1.29 is 22.7 Å². The first kappa shape index (κ1) is 19.8. The normalized spacial score (nSPS) is 12.5. The van der Waals surface area contributed by atoms with Gasteiger partial charge in [-0.3, -0.25) is 4.79 Å². The molecular weight excluding hydrogens is 343 g/mol. The summed E-state index contributed by atoms with van der Waals surface area (Å²) in [6.45, 7) is 5.65. The molecular formula is C20H22F3NO2. The molecule has 0 heterocycles. The van der Waals surface area contributed by atoms with Gasteiger partial charge < -0.3 is 10.1 Å². The quantitative estimate of drug-likeness (QED) is 0.799. The number of hydrogen-bond donors (Lipinski definition) is 1. The highest BCUT2D eigenvalue weighted by Gasteiger charge is 2.30. The molecule has 0 aliphatic rings. The van der Waals surface area contributed by atoms with Crippen LogP contribution < -0.4 is 10.1 Å². The molecule has 140 valence electrons. The smallest absolute Gasteiger partial charge is 0.416 e. The molecule has 0 aliphatic heterocycles. The van der Waals surface area contributed by atoms with Crippen molar-refractivity contribution in [2.75, 3.05) is 0 Å². The van der Waals surface area contributed by atoms with E-state index in [2.05, 4.69) is 5.32 Å². The molecule has 3 nitrogen and oxygen atoms in total. The van der Waals surface area contributed by atoms with Crippen molar-refractivity contribution in [2.45, 2.75) is 46.0 Å². The summed E-state index contributed by atoms with van der Waals surface area (Å²) >= 11 is 0. The van der Waals surface area contributed by atoms with E-state index >= 15 is 0 Å². The fraction of sp³-hybridized carbons (Fsp3) is 0.350. The Balaban J connectivity index is 2.02. The monoisotopic (exact) mass is 365 g/mol. The van der Waals surface area contributed by atoms with Crippen molar-refractivity contribution in [3.63, 3.8) is 0 Å². The molecule has 0 spiro atoms. The molecule has 6 heteroatoms. The van der Waals surface area contributed by atoms with Crippen LogP contribution in [0.1, 0.15) is 35.6 Å². The first-order valence-electron chi connectivity index (χ1n) is 8.38. The van der Waals surface area contributed by atoms with E-state index in [1.54, 1.807) is 6.07 Å². The zero-order valence-electron chi connectivity index (χ0n) is 15.0. The van der Waals surface area contributed by atoms with Gasteiger partial charge in [0, 0.05) is 6.54 Å². The molecule has 2 aromatic carbocycles. The van der Waals surface area contributed by atoms with Crippen LogP contribution in [0.15, 0.2) is 42.5 Å². The van der Waals surface area contributed by atoms with Crippen LogP contribution in [0, 0.1) is 13.8 Å². The minimum atomic E-state index is -4.40. The van der Waals surface area contributed by atoms with Gasteiger partial charge in [-0.1, -0.05) is 31.2 Å². The van der Waals surface area contributed by atoms with Crippen LogP contribution in [-0.4, -0.2) is 12.0 Å². The molecule has 2 rings (SSSR count). The molecule has 1 amide bonds. The van der Waals surface area contributed by atoms with Crippen LogP contribution in [-0.2, 0) is 17.5 Å². The largest absolute Gasteiger partial charge is 0.480 e. The zero-order valence-corrected chi connectivity index (χ0v) is 15.0. The highest BCUT2D eigenvalue weighted by Crippen LogP contribution is 2.29. The van der Waals surface area contributed by atoms with Crippen LogP contribution in [0.2, 0.25) is 0 Å². The van der Waals surface area contributed by atoms with Gasteiger partial charge in [-0.2, -0.15) is 13.2 Å². The van der Waals surface area contributed by atoms with Crippen LogP contribution in [0.25, 0.3) is 0 Å². The summed E-state index contributed by atoms with van der Waals surface area (Å²) in [5.41, 5.74) is 1.59. The third-order valence-electron chi connectivity index (χ3n) is 4.00. The number of halogens is 3. The maximum atomic E-state index is 12.8. The second-order valence-electron chi connectivity index (χ2n) is 6.20. The fourth-order valence-electron chi connectivity index (χ4n) is 2.47. The number of alkyl halides is 3. The molecule has 2 aromatic rings. The lowest BCUT2D eigenvalue weighted by Crippen LogP contribution is -2.37. The van der Waals surface area contributed by atoms with Crippen molar-refractivity contribution in [1.82, 2.24) is 5.32 Å². The lowest BCUT2D eigenvalue weighted by Gasteiger charge is -2.19. The van der Waals surface area contributed by atoms with Crippen molar-refractivity contribution >= 4 is 5.91 Å². The highest BCUT2D eigenvalue weighted by atomic mass is 19.4. The Bertz CT molecular complexity index is 772. The van der Waals surface area contributed by atoms with E-state index in [4.69, 9.17) is 4.74 Å². The molecule has 0 saturated carbocycles. The minimum absolute atomic E-state index is 0.00934. The van der Waals surface area contributed by atoms with Gasteiger partial charge in [0.15, 0.2) is 6.10 Å². The first-order valence-corrected chi connectivity index (χ1v) is 8.38. The van der Waals surface area contributed by atoms with E-state index < -0.39 is 17.8 Å². The third kappa shape index (κ3) is 5.25. The summed E-state index contributed by atoms with van der Waals surface area (Å²) in [5, 5.41) is 2.65. The third-order valence-corrected chi connectivity index (χ3v) is 4.00. The summed E-state index contributed by atoms with van der Waals surface area (Å²) in [4.78, 5) is 12.4. The number of aryl methyl sites for hydroxylation is 2. The molecule has 0 radical (unpaired) electrons. The number of benzene rings is 2. The Morgan fingerprint density at radius 1 is 1.15 bits per heavy atom. The van der Waals surface area contributed by atoms with Gasteiger partial charge >= 0.3 is 6.18 Å². The topological polar surface area (TPSA) is 38.3 Å². The fourth-order valence-corrected chi connectivity index (χ4v) is 2.47. The number of amides is 1. The summed E-state index contributed by atoms with van der Waals surface area (Å²) in [6, 6.07) is 10.6. The van der Waals surface area contributed by atoms with E-state index in [1.807, 2.05) is 39.0 Å². The van der Waals surface area contributed by atoms with Gasteiger partial charge in [-0.25, -0.2) is 0 Å². The number of ether oxygens (including phenoxy) is 1. The molecule has 0 aliphatic carbocycles. The van der Waals surface area contributed by atoms with Gasteiger partial charge in [0.1, 0.15) is 5.75 Å². The van der Waals surface area contributed by atoms with E-state index in [0.29, 0.717) is 17.7 Å². The molecule has 1 atom stereocenters. The van der Waals surface area contributed by atoms with Crippen LogP contribution in [0.4, 0.5) is 13.2 Å². The number of carbonyl (C=O) groups excluding carboxylic acids is 1. The molecule has 0 saturated heterocycles. The van der Waals surface area contributed by atoms with E-state index in [9.17, 15) is 18.0 Å². The number of hydrogen-bond acceptors (Lipinski definition) is 2. The second kappa shape index (κ2) is 8.25. The summed E-state index contributed by atoms with van der Waals surface area (Å²) in [7, 11) is 0. The minimum Gasteiger partial charge on any atom is -0.480 e. The van der Waals surface area contributed by atoms with Crippen LogP contribution >= 0.6 is 0 Å². The number of nitrogens with one attached hydrogen (secondary N) is 1.